The molecule has 150 valence electrons. The second-order valence-corrected chi connectivity index (χ2v) is 10.2. The van der Waals surface area contributed by atoms with E-state index < -0.39 is 10.0 Å². The van der Waals surface area contributed by atoms with Gasteiger partial charge in [-0.3, -0.25) is 4.79 Å². The molecule has 1 saturated heterocycles. The minimum Gasteiger partial charge on any atom is -0.326 e. The van der Waals surface area contributed by atoms with Crippen LogP contribution in [0.25, 0.3) is 0 Å². The Bertz CT molecular complexity index is 964. The molecule has 0 aliphatic carbocycles. The monoisotopic (exact) mass is 464 g/mol. The van der Waals surface area contributed by atoms with E-state index in [1.54, 1.807) is 0 Å². The van der Waals surface area contributed by atoms with E-state index in [4.69, 9.17) is 0 Å². The lowest BCUT2D eigenvalue weighted by atomic mass is 9.99. The highest BCUT2D eigenvalue weighted by molar-refractivity contribution is 9.10. The Labute approximate surface area is 175 Å². The number of rotatable bonds is 4. The first-order valence-corrected chi connectivity index (χ1v) is 11.6. The first kappa shape index (κ1) is 21.0. The third-order valence-electron chi connectivity index (χ3n) is 5.07. The number of anilines is 1. The van der Waals surface area contributed by atoms with Crippen molar-refractivity contribution in [2.24, 2.45) is 5.92 Å². The first-order chi connectivity index (χ1) is 13.2. The number of carbonyl (C=O) groups is 1. The van der Waals surface area contributed by atoms with Gasteiger partial charge in [-0.05, 0) is 69.0 Å². The number of aryl methyl sites for hydroxylation is 3. The van der Waals surface area contributed by atoms with Crippen molar-refractivity contribution in [1.82, 2.24) is 4.31 Å². The van der Waals surface area contributed by atoms with E-state index in [0.29, 0.717) is 30.0 Å². The quantitative estimate of drug-likeness (QED) is 0.728. The van der Waals surface area contributed by atoms with Crippen LogP contribution in [0.15, 0.2) is 45.8 Å². The number of hydrogen-bond donors (Lipinski definition) is 1. The lowest BCUT2D eigenvalue weighted by molar-refractivity contribution is -0.120. The summed E-state index contributed by atoms with van der Waals surface area (Å²) < 4.78 is 29.0. The summed E-state index contributed by atoms with van der Waals surface area (Å²) in [5, 5.41) is 2.90. The molecule has 0 bridgehead atoms. The summed E-state index contributed by atoms with van der Waals surface area (Å²) >= 11 is 3.37. The van der Waals surface area contributed by atoms with Gasteiger partial charge < -0.3 is 5.32 Å². The molecule has 2 aromatic carbocycles. The molecule has 1 fully saturated rings. The molecule has 1 heterocycles. The zero-order valence-electron chi connectivity index (χ0n) is 16.3. The summed E-state index contributed by atoms with van der Waals surface area (Å²) in [5.41, 5.74) is 3.25. The number of halogens is 1. The zero-order valence-corrected chi connectivity index (χ0v) is 18.7. The van der Waals surface area contributed by atoms with Crippen LogP contribution < -0.4 is 5.32 Å². The lowest BCUT2D eigenvalue weighted by Gasteiger charge is -2.32. The summed E-state index contributed by atoms with van der Waals surface area (Å²) in [6.45, 7) is 6.26. The Morgan fingerprint density at radius 2 is 1.71 bits per heavy atom. The summed E-state index contributed by atoms with van der Waals surface area (Å²) in [7, 11) is -3.64. The highest BCUT2D eigenvalue weighted by atomic mass is 79.9. The predicted molar refractivity (Wildman–Crippen MR) is 115 cm³/mol. The van der Waals surface area contributed by atoms with Gasteiger partial charge in [0.15, 0.2) is 0 Å². The third kappa shape index (κ3) is 4.47. The average molecular weight is 465 g/mol. The molecule has 1 atom stereocenters. The van der Waals surface area contributed by atoms with Crippen molar-refractivity contribution >= 4 is 37.5 Å². The molecule has 0 unspecified atom stereocenters. The smallest absolute Gasteiger partial charge is 0.243 e. The maximum atomic E-state index is 13.3. The van der Waals surface area contributed by atoms with Gasteiger partial charge in [0.05, 0.1) is 10.8 Å². The number of carbonyl (C=O) groups excluding carboxylic acids is 1. The standard InChI is InChI=1S/C21H25BrN2O3S/c1-14-11-15(2)20(16(3)12-14)28(26,27)24-10-4-5-17(13-24)21(25)23-19-8-6-18(22)7-9-19/h6-9,11-12,17H,4-5,10,13H2,1-3H3,(H,23,25)/t17-/m1/s1. The average Bonchev–Trinajstić information content (AvgIpc) is 2.62. The van der Waals surface area contributed by atoms with Crippen LogP contribution in [0.3, 0.4) is 0 Å². The normalized spacial score (nSPS) is 18.1. The van der Waals surface area contributed by atoms with Gasteiger partial charge in [-0.1, -0.05) is 33.6 Å². The molecule has 1 N–H and O–H groups in total. The fourth-order valence-electron chi connectivity index (χ4n) is 3.86. The molecule has 0 aromatic heterocycles. The van der Waals surface area contributed by atoms with Crippen molar-refractivity contribution in [2.75, 3.05) is 18.4 Å². The minimum atomic E-state index is -3.64. The molecular formula is C21H25BrN2O3S. The van der Waals surface area contributed by atoms with E-state index in [-0.39, 0.29) is 18.4 Å². The molecule has 7 heteroatoms. The van der Waals surface area contributed by atoms with E-state index in [1.165, 1.54) is 4.31 Å². The van der Waals surface area contributed by atoms with E-state index in [2.05, 4.69) is 21.2 Å². The van der Waals surface area contributed by atoms with Crippen molar-refractivity contribution in [3.8, 4) is 0 Å². The number of hydrogen-bond acceptors (Lipinski definition) is 3. The Balaban J connectivity index is 1.79. The van der Waals surface area contributed by atoms with Crippen LogP contribution in [0.4, 0.5) is 5.69 Å². The molecule has 3 rings (SSSR count). The van der Waals surface area contributed by atoms with Gasteiger partial charge in [0.25, 0.3) is 0 Å². The lowest BCUT2D eigenvalue weighted by Crippen LogP contribution is -2.44. The molecule has 1 amide bonds. The van der Waals surface area contributed by atoms with Crippen molar-refractivity contribution in [3.63, 3.8) is 0 Å². The Hall–Kier alpha value is -1.70. The molecule has 1 aliphatic rings. The predicted octanol–water partition coefficient (Wildman–Crippen LogP) is 4.41. The van der Waals surface area contributed by atoms with Crippen LogP contribution in [0, 0.1) is 26.7 Å². The fourth-order valence-corrected chi connectivity index (χ4v) is 6.05. The van der Waals surface area contributed by atoms with Gasteiger partial charge in [-0.15, -0.1) is 0 Å². The molecule has 0 spiro atoms. The highest BCUT2D eigenvalue weighted by Gasteiger charge is 2.34. The van der Waals surface area contributed by atoms with Gasteiger partial charge in [0.1, 0.15) is 0 Å². The molecule has 2 aromatic rings. The summed E-state index contributed by atoms with van der Waals surface area (Å²) in [6.07, 6.45) is 1.35. The maximum absolute atomic E-state index is 13.3. The zero-order chi connectivity index (χ0) is 20.5. The van der Waals surface area contributed by atoms with Gasteiger partial charge >= 0.3 is 0 Å². The van der Waals surface area contributed by atoms with Crippen molar-refractivity contribution < 1.29 is 13.2 Å². The van der Waals surface area contributed by atoms with Crippen molar-refractivity contribution in [2.45, 2.75) is 38.5 Å². The number of nitrogens with one attached hydrogen (secondary N) is 1. The second-order valence-electron chi connectivity index (χ2n) is 7.43. The summed E-state index contributed by atoms with van der Waals surface area (Å²) in [4.78, 5) is 13.1. The third-order valence-corrected chi connectivity index (χ3v) is 7.77. The number of piperidine rings is 1. The molecule has 5 nitrogen and oxygen atoms in total. The SMILES string of the molecule is Cc1cc(C)c(S(=O)(=O)N2CCC[C@@H](C(=O)Nc3ccc(Br)cc3)C2)c(C)c1. The Morgan fingerprint density at radius 1 is 1.11 bits per heavy atom. The molecular weight excluding hydrogens is 440 g/mol. The Kier molecular flexibility index (Phi) is 6.27. The number of nitrogens with zero attached hydrogens (tertiary/aromatic N) is 1. The van der Waals surface area contributed by atoms with Crippen LogP contribution in [0.1, 0.15) is 29.5 Å². The van der Waals surface area contributed by atoms with Crippen LogP contribution >= 0.6 is 15.9 Å². The molecule has 28 heavy (non-hydrogen) atoms. The maximum Gasteiger partial charge on any atom is 0.243 e. The van der Waals surface area contributed by atoms with E-state index in [0.717, 1.165) is 21.2 Å². The van der Waals surface area contributed by atoms with E-state index in [1.807, 2.05) is 57.2 Å². The Morgan fingerprint density at radius 3 is 2.32 bits per heavy atom. The van der Waals surface area contributed by atoms with Gasteiger partial charge in [0, 0.05) is 23.2 Å². The number of amides is 1. The van der Waals surface area contributed by atoms with E-state index >= 15 is 0 Å². The molecule has 0 radical (unpaired) electrons. The molecule has 0 saturated carbocycles. The van der Waals surface area contributed by atoms with Gasteiger partial charge in [-0.2, -0.15) is 4.31 Å². The van der Waals surface area contributed by atoms with Crippen LogP contribution in [-0.4, -0.2) is 31.7 Å². The largest absolute Gasteiger partial charge is 0.326 e. The number of benzene rings is 2. The van der Waals surface area contributed by atoms with Crippen LogP contribution in [0.2, 0.25) is 0 Å². The second kappa shape index (κ2) is 8.35. The minimum absolute atomic E-state index is 0.139. The van der Waals surface area contributed by atoms with Gasteiger partial charge in [-0.25, -0.2) is 8.42 Å². The fraction of sp³-hybridized carbons (Fsp3) is 0.381. The first-order valence-electron chi connectivity index (χ1n) is 9.33. The van der Waals surface area contributed by atoms with E-state index in [9.17, 15) is 13.2 Å². The summed E-state index contributed by atoms with van der Waals surface area (Å²) in [6, 6.07) is 11.1. The summed E-state index contributed by atoms with van der Waals surface area (Å²) in [5.74, 6) is -0.502. The van der Waals surface area contributed by atoms with Crippen molar-refractivity contribution in [3.05, 3.63) is 57.6 Å². The highest BCUT2D eigenvalue weighted by Crippen LogP contribution is 2.29. The van der Waals surface area contributed by atoms with Gasteiger partial charge in [0.2, 0.25) is 15.9 Å². The van der Waals surface area contributed by atoms with Crippen LogP contribution in [0.5, 0.6) is 0 Å². The molecule has 1 aliphatic heterocycles. The van der Waals surface area contributed by atoms with Crippen molar-refractivity contribution in [1.29, 1.82) is 0 Å². The van der Waals surface area contributed by atoms with Crippen LogP contribution in [-0.2, 0) is 14.8 Å². The topological polar surface area (TPSA) is 66.5 Å². The number of sulfonamides is 1.